The Hall–Kier alpha value is -2.35. The third-order valence-corrected chi connectivity index (χ3v) is 3.52. The lowest BCUT2D eigenvalue weighted by Crippen LogP contribution is -2.11. The van der Waals surface area contributed by atoms with E-state index < -0.39 is 0 Å². The number of carbonyl (C=O) groups excluding carboxylic acids is 1. The number of nitrogens with zero attached hydrogens (tertiary/aromatic N) is 1. The van der Waals surface area contributed by atoms with Crippen LogP contribution in [0.2, 0.25) is 0 Å². The standard InChI is InChI=1S/C18H17NO/c1-14-7-8-18-16(11-14)9-10-19(18)13-17(20)12-15-5-3-2-4-6-15/h2-11H,12-13H2,1H3. The number of benzene rings is 2. The molecule has 0 amide bonds. The lowest BCUT2D eigenvalue weighted by molar-refractivity contribution is -0.118. The monoisotopic (exact) mass is 263 g/mol. The number of Topliss-reactive ketones (excluding diaryl/α,β-unsaturated/α-hetero) is 1. The van der Waals surface area contributed by atoms with Crippen LogP contribution in [-0.4, -0.2) is 10.4 Å². The van der Waals surface area contributed by atoms with Gasteiger partial charge >= 0.3 is 0 Å². The molecule has 0 N–H and O–H groups in total. The van der Waals surface area contributed by atoms with Crippen molar-refractivity contribution >= 4 is 16.7 Å². The largest absolute Gasteiger partial charge is 0.340 e. The van der Waals surface area contributed by atoms with Crippen LogP contribution in [-0.2, 0) is 17.8 Å². The van der Waals surface area contributed by atoms with Crippen LogP contribution in [0.5, 0.6) is 0 Å². The molecule has 0 unspecified atom stereocenters. The first-order valence-electron chi connectivity index (χ1n) is 6.83. The number of aryl methyl sites for hydroxylation is 1. The summed E-state index contributed by atoms with van der Waals surface area (Å²) in [7, 11) is 0. The maximum absolute atomic E-state index is 12.2. The molecule has 100 valence electrons. The number of rotatable bonds is 4. The van der Waals surface area contributed by atoms with E-state index in [-0.39, 0.29) is 5.78 Å². The molecule has 3 rings (SSSR count). The molecule has 0 spiro atoms. The summed E-state index contributed by atoms with van der Waals surface area (Å²) in [5, 5.41) is 1.19. The van der Waals surface area contributed by atoms with Crippen LogP contribution in [0.3, 0.4) is 0 Å². The van der Waals surface area contributed by atoms with Crippen LogP contribution in [0.4, 0.5) is 0 Å². The highest BCUT2D eigenvalue weighted by Crippen LogP contribution is 2.17. The van der Waals surface area contributed by atoms with Gasteiger partial charge in [-0.3, -0.25) is 4.79 Å². The average molecular weight is 263 g/mol. The predicted molar refractivity (Wildman–Crippen MR) is 81.8 cm³/mol. The highest BCUT2D eigenvalue weighted by atomic mass is 16.1. The normalized spacial score (nSPS) is 10.8. The molecular weight excluding hydrogens is 246 g/mol. The molecule has 0 saturated heterocycles. The molecule has 0 bridgehead atoms. The van der Waals surface area contributed by atoms with Gasteiger partial charge < -0.3 is 4.57 Å². The summed E-state index contributed by atoms with van der Waals surface area (Å²) in [6.45, 7) is 2.51. The number of aromatic nitrogens is 1. The van der Waals surface area contributed by atoms with E-state index in [4.69, 9.17) is 0 Å². The first-order valence-corrected chi connectivity index (χ1v) is 6.83. The van der Waals surface area contributed by atoms with Gasteiger partial charge in [-0.1, -0.05) is 42.0 Å². The molecule has 0 aliphatic heterocycles. The van der Waals surface area contributed by atoms with Crippen molar-refractivity contribution in [3.8, 4) is 0 Å². The van der Waals surface area contributed by atoms with Crippen molar-refractivity contribution in [2.24, 2.45) is 0 Å². The zero-order valence-corrected chi connectivity index (χ0v) is 11.5. The molecule has 0 aliphatic carbocycles. The lowest BCUT2D eigenvalue weighted by atomic mass is 10.1. The Morgan fingerprint density at radius 3 is 2.65 bits per heavy atom. The molecule has 0 aliphatic rings. The zero-order valence-electron chi connectivity index (χ0n) is 11.5. The van der Waals surface area contributed by atoms with Gasteiger partial charge in [0, 0.05) is 18.1 Å². The fourth-order valence-electron chi connectivity index (χ4n) is 2.53. The molecule has 0 saturated carbocycles. The molecule has 2 aromatic carbocycles. The van der Waals surface area contributed by atoms with Crippen molar-refractivity contribution in [3.05, 3.63) is 71.9 Å². The SMILES string of the molecule is Cc1ccc2c(ccn2CC(=O)Cc2ccccc2)c1. The van der Waals surface area contributed by atoms with E-state index >= 15 is 0 Å². The fourth-order valence-corrected chi connectivity index (χ4v) is 2.53. The van der Waals surface area contributed by atoms with Gasteiger partial charge in [0.1, 0.15) is 0 Å². The Morgan fingerprint density at radius 2 is 1.85 bits per heavy atom. The molecule has 0 fully saturated rings. The third-order valence-electron chi connectivity index (χ3n) is 3.52. The van der Waals surface area contributed by atoms with Gasteiger partial charge in [-0.15, -0.1) is 0 Å². The van der Waals surface area contributed by atoms with Crippen LogP contribution >= 0.6 is 0 Å². The topological polar surface area (TPSA) is 22.0 Å². The smallest absolute Gasteiger partial charge is 0.156 e. The summed E-state index contributed by atoms with van der Waals surface area (Å²) < 4.78 is 2.03. The summed E-state index contributed by atoms with van der Waals surface area (Å²) in [5.41, 5.74) is 3.44. The van der Waals surface area contributed by atoms with Crippen molar-refractivity contribution in [2.75, 3.05) is 0 Å². The van der Waals surface area contributed by atoms with E-state index in [0.29, 0.717) is 13.0 Å². The fraction of sp³-hybridized carbons (Fsp3) is 0.167. The molecule has 2 nitrogen and oxygen atoms in total. The summed E-state index contributed by atoms with van der Waals surface area (Å²) >= 11 is 0. The van der Waals surface area contributed by atoms with Gasteiger partial charge in [0.15, 0.2) is 5.78 Å². The first-order chi connectivity index (χ1) is 9.72. The maximum Gasteiger partial charge on any atom is 0.156 e. The molecule has 0 atom stereocenters. The molecule has 2 heteroatoms. The van der Waals surface area contributed by atoms with Crippen LogP contribution in [0.25, 0.3) is 10.9 Å². The van der Waals surface area contributed by atoms with Crippen LogP contribution < -0.4 is 0 Å². The Labute approximate surface area is 118 Å². The van der Waals surface area contributed by atoms with Crippen molar-refractivity contribution in [1.82, 2.24) is 4.57 Å². The second-order valence-electron chi connectivity index (χ2n) is 5.21. The van der Waals surface area contributed by atoms with Gasteiger partial charge in [-0.05, 0) is 36.1 Å². The quantitative estimate of drug-likeness (QED) is 0.702. The number of fused-ring (bicyclic) bond motifs is 1. The van der Waals surface area contributed by atoms with E-state index in [9.17, 15) is 4.79 Å². The second kappa shape index (κ2) is 5.33. The van der Waals surface area contributed by atoms with Crippen LogP contribution in [0.15, 0.2) is 60.8 Å². The van der Waals surface area contributed by atoms with E-state index in [1.165, 1.54) is 10.9 Å². The van der Waals surface area contributed by atoms with Crippen molar-refractivity contribution < 1.29 is 4.79 Å². The zero-order chi connectivity index (χ0) is 13.9. The molecule has 20 heavy (non-hydrogen) atoms. The van der Waals surface area contributed by atoms with Crippen LogP contribution in [0.1, 0.15) is 11.1 Å². The Balaban J connectivity index is 1.78. The number of hydrogen-bond donors (Lipinski definition) is 0. The van der Waals surface area contributed by atoms with E-state index in [1.807, 2.05) is 41.1 Å². The predicted octanol–water partition coefficient (Wildman–Crippen LogP) is 3.76. The van der Waals surface area contributed by atoms with Gasteiger partial charge in [0.05, 0.1) is 6.54 Å². The number of hydrogen-bond acceptors (Lipinski definition) is 1. The van der Waals surface area contributed by atoms with Crippen molar-refractivity contribution in [2.45, 2.75) is 19.9 Å². The third kappa shape index (κ3) is 2.64. The molecule has 1 heterocycles. The van der Waals surface area contributed by atoms with E-state index in [2.05, 4.69) is 31.2 Å². The average Bonchev–Trinajstić information content (AvgIpc) is 2.82. The summed E-state index contributed by atoms with van der Waals surface area (Å²) in [4.78, 5) is 12.2. The molecule has 3 aromatic rings. The highest BCUT2D eigenvalue weighted by molar-refractivity contribution is 5.85. The minimum Gasteiger partial charge on any atom is -0.340 e. The second-order valence-corrected chi connectivity index (χ2v) is 5.21. The maximum atomic E-state index is 12.2. The van der Waals surface area contributed by atoms with Crippen LogP contribution in [0, 0.1) is 6.92 Å². The summed E-state index contributed by atoms with van der Waals surface area (Å²) in [6, 6.07) is 18.3. The number of ketones is 1. The molecular formula is C18H17NO. The van der Waals surface area contributed by atoms with E-state index in [0.717, 1.165) is 11.1 Å². The van der Waals surface area contributed by atoms with Gasteiger partial charge in [0.2, 0.25) is 0 Å². The number of carbonyl (C=O) groups is 1. The van der Waals surface area contributed by atoms with Gasteiger partial charge in [0.25, 0.3) is 0 Å². The van der Waals surface area contributed by atoms with Gasteiger partial charge in [-0.25, -0.2) is 0 Å². The summed E-state index contributed by atoms with van der Waals surface area (Å²) in [5.74, 6) is 0.231. The first kappa shape index (κ1) is 12.7. The van der Waals surface area contributed by atoms with E-state index in [1.54, 1.807) is 0 Å². The molecule has 0 radical (unpaired) electrons. The molecule has 1 aromatic heterocycles. The highest BCUT2D eigenvalue weighted by Gasteiger charge is 2.07. The Bertz CT molecular complexity index is 740. The minimum atomic E-state index is 0.231. The Kier molecular flexibility index (Phi) is 3.38. The Morgan fingerprint density at radius 1 is 1.05 bits per heavy atom. The minimum absolute atomic E-state index is 0.231. The summed E-state index contributed by atoms with van der Waals surface area (Å²) in [6.07, 6.45) is 2.49. The van der Waals surface area contributed by atoms with Crippen molar-refractivity contribution in [1.29, 1.82) is 0 Å². The van der Waals surface area contributed by atoms with Crippen molar-refractivity contribution in [3.63, 3.8) is 0 Å². The van der Waals surface area contributed by atoms with Gasteiger partial charge in [-0.2, -0.15) is 0 Å². The lowest BCUT2D eigenvalue weighted by Gasteiger charge is -2.05.